The average molecular weight is 554 g/mol. The van der Waals surface area contributed by atoms with Crippen LogP contribution in [-0.2, 0) is 9.84 Å². The molecule has 4 aromatic rings. The average Bonchev–Trinajstić information content (AvgIpc) is 3.42. The van der Waals surface area contributed by atoms with Crippen molar-refractivity contribution in [2.24, 2.45) is 0 Å². The summed E-state index contributed by atoms with van der Waals surface area (Å²) in [5, 5.41) is 26.1. The highest BCUT2D eigenvalue weighted by Gasteiger charge is 2.39. The lowest BCUT2D eigenvalue weighted by atomic mass is 10.0. The van der Waals surface area contributed by atoms with Crippen molar-refractivity contribution in [2.75, 3.05) is 12.8 Å². The van der Waals surface area contributed by atoms with Crippen LogP contribution < -0.4 is 10.9 Å². The molecular formula is C27H27N3O6S2. The summed E-state index contributed by atoms with van der Waals surface area (Å²) in [6.45, 7) is 1.05. The largest absolute Gasteiger partial charge is 0.507 e. The van der Waals surface area contributed by atoms with Crippen molar-refractivity contribution in [3.8, 4) is 27.4 Å². The Balaban J connectivity index is 1.51. The molecule has 0 aliphatic rings. The quantitative estimate of drug-likeness (QED) is 0.289. The third kappa shape index (κ3) is 5.85. The molecule has 2 atom stereocenters. The van der Waals surface area contributed by atoms with E-state index in [0.717, 1.165) is 27.0 Å². The number of amides is 1. The Kier molecular flexibility index (Phi) is 7.81. The van der Waals surface area contributed by atoms with Gasteiger partial charge in [0.05, 0.1) is 10.3 Å². The van der Waals surface area contributed by atoms with Crippen LogP contribution in [0.5, 0.6) is 5.75 Å². The molecule has 0 saturated carbocycles. The van der Waals surface area contributed by atoms with Gasteiger partial charge in [-0.15, -0.1) is 11.3 Å². The molecule has 2 unspecified atom stereocenters. The fraction of sp³-hybridized carbons (Fsp3) is 0.222. The van der Waals surface area contributed by atoms with Crippen molar-refractivity contribution in [3.63, 3.8) is 0 Å². The monoisotopic (exact) mass is 553 g/mol. The molecule has 4 rings (SSSR count). The van der Waals surface area contributed by atoms with Gasteiger partial charge >= 0.3 is 0 Å². The standard InChI is InChI=1S/C27H27N3O6S2/c1-27(38(2,35)36,17-29-25(34)21-5-3-4-6-22(21)31)16-24(33)30-13-11-20(15-23(30)32)18-7-9-19(10-8-18)26-28-12-14-37-26/h3-15,24,31,33H,16-17H2,1-2H3,(H,29,34). The van der Waals surface area contributed by atoms with Gasteiger partial charge in [-0.1, -0.05) is 36.4 Å². The number of aromatic nitrogens is 2. The molecule has 0 fully saturated rings. The number of para-hydroxylation sites is 1. The van der Waals surface area contributed by atoms with E-state index in [2.05, 4.69) is 10.3 Å². The molecule has 0 bridgehead atoms. The van der Waals surface area contributed by atoms with E-state index in [9.17, 15) is 28.2 Å². The molecular weight excluding hydrogens is 526 g/mol. The zero-order valence-corrected chi connectivity index (χ0v) is 22.4. The Morgan fingerprint density at radius 1 is 1.11 bits per heavy atom. The first-order chi connectivity index (χ1) is 18.0. The number of phenolic OH excluding ortho intramolecular Hbond substituents is 1. The van der Waals surface area contributed by atoms with Crippen molar-refractivity contribution < 1.29 is 23.4 Å². The number of nitrogens with zero attached hydrogens (tertiary/aromatic N) is 2. The molecule has 0 saturated heterocycles. The minimum atomic E-state index is -3.80. The third-order valence-electron chi connectivity index (χ3n) is 6.45. The molecule has 38 heavy (non-hydrogen) atoms. The van der Waals surface area contributed by atoms with Crippen LogP contribution in [0.1, 0.15) is 29.9 Å². The van der Waals surface area contributed by atoms with Gasteiger partial charge < -0.3 is 15.5 Å². The summed E-state index contributed by atoms with van der Waals surface area (Å²) in [5.74, 6) is -0.898. The number of nitrogens with one attached hydrogen (secondary N) is 1. The van der Waals surface area contributed by atoms with Crippen molar-refractivity contribution in [2.45, 2.75) is 24.3 Å². The van der Waals surface area contributed by atoms with Crippen molar-refractivity contribution >= 4 is 27.1 Å². The molecule has 2 heterocycles. The molecule has 0 aliphatic carbocycles. The molecule has 0 aliphatic heterocycles. The van der Waals surface area contributed by atoms with Crippen LogP contribution in [0.2, 0.25) is 0 Å². The van der Waals surface area contributed by atoms with E-state index in [1.165, 1.54) is 42.7 Å². The summed E-state index contributed by atoms with van der Waals surface area (Å²) in [6, 6.07) is 16.5. The second kappa shape index (κ2) is 10.9. The van der Waals surface area contributed by atoms with Crippen LogP contribution in [0.15, 0.2) is 83.2 Å². The Bertz CT molecular complexity index is 1600. The summed E-state index contributed by atoms with van der Waals surface area (Å²) in [6.07, 6.45) is 2.34. The van der Waals surface area contributed by atoms with Crippen molar-refractivity contribution in [1.29, 1.82) is 0 Å². The zero-order chi connectivity index (χ0) is 27.5. The van der Waals surface area contributed by atoms with E-state index in [0.29, 0.717) is 5.56 Å². The van der Waals surface area contributed by atoms with Gasteiger partial charge in [0.25, 0.3) is 11.5 Å². The maximum atomic E-state index is 12.9. The van der Waals surface area contributed by atoms with Crippen LogP contribution in [0.3, 0.4) is 0 Å². The van der Waals surface area contributed by atoms with E-state index in [-0.39, 0.29) is 24.3 Å². The molecule has 0 radical (unpaired) electrons. The van der Waals surface area contributed by atoms with Gasteiger partial charge in [-0.3, -0.25) is 14.2 Å². The van der Waals surface area contributed by atoms with Gasteiger partial charge in [0.1, 0.15) is 17.0 Å². The number of hydrogen-bond acceptors (Lipinski definition) is 8. The molecule has 0 spiro atoms. The first-order valence-electron chi connectivity index (χ1n) is 11.6. The third-order valence-corrected chi connectivity index (χ3v) is 9.37. The first-order valence-corrected chi connectivity index (χ1v) is 14.4. The molecule has 9 nitrogen and oxygen atoms in total. The minimum absolute atomic E-state index is 0.00427. The normalized spacial score (nSPS) is 14.0. The predicted molar refractivity (Wildman–Crippen MR) is 147 cm³/mol. The second-order valence-corrected chi connectivity index (χ2v) is 12.6. The first kappa shape index (κ1) is 27.2. The maximum Gasteiger partial charge on any atom is 0.255 e. The van der Waals surface area contributed by atoms with Crippen LogP contribution in [0.4, 0.5) is 0 Å². The van der Waals surface area contributed by atoms with Gasteiger partial charge in [-0.05, 0) is 36.2 Å². The topological polar surface area (TPSA) is 139 Å². The van der Waals surface area contributed by atoms with Crippen LogP contribution in [0.25, 0.3) is 21.7 Å². The van der Waals surface area contributed by atoms with E-state index >= 15 is 0 Å². The lowest BCUT2D eigenvalue weighted by Crippen LogP contribution is -2.48. The lowest BCUT2D eigenvalue weighted by molar-refractivity contribution is 0.0767. The number of aromatic hydroxyl groups is 1. The lowest BCUT2D eigenvalue weighted by Gasteiger charge is -2.30. The number of rotatable bonds is 9. The highest BCUT2D eigenvalue weighted by atomic mass is 32.2. The van der Waals surface area contributed by atoms with E-state index in [1.807, 2.05) is 29.6 Å². The fourth-order valence-corrected chi connectivity index (χ4v) is 5.38. The van der Waals surface area contributed by atoms with Crippen molar-refractivity contribution in [1.82, 2.24) is 14.9 Å². The summed E-state index contributed by atoms with van der Waals surface area (Å²) < 4.78 is 24.8. The Hall–Kier alpha value is -3.80. The number of carbonyl (C=O) groups is 1. The molecule has 1 amide bonds. The van der Waals surface area contributed by atoms with Crippen LogP contribution >= 0.6 is 11.3 Å². The second-order valence-electron chi connectivity index (χ2n) is 9.18. The highest BCUT2D eigenvalue weighted by molar-refractivity contribution is 7.92. The van der Waals surface area contributed by atoms with Crippen molar-refractivity contribution in [3.05, 3.63) is 94.4 Å². The summed E-state index contributed by atoms with van der Waals surface area (Å²) >= 11 is 1.53. The van der Waals surface area contributed by atoms with Gasteiger partial charge in [0.2, 0.25) is 0 Å². The number of aliphatic hydroxyl groups is 1. The summed E-state index contributed by atoms with van der Waals surface area (Å²) in [5.41, 5.74) is 1.90. The van der Waals surface area contributed by atoms with Crippen LogP contribution in [0, 0.1) is 0 Å². The Morgan fingerprint density at radius 3 is 2.39 bits per heavy atom. The number of hydrogen-bond donors (Lipinski definition) is 3. The predicted octanol–water partition coefficient (Wildman–Crippen LogP) is 3.46. The molecule has 3 N–H and O–H groups in total. The zero-order valence-electron chi connectivity index (χ0n) is 20.7. The van der Waals surface area contributed by atoms with Gasteiger partial charge in [0.15, 0.2) is 9.84 Å². The van der Waals surface area contributed by atoms with E-state index in [1.54, 1.807) is 24.4 Å². The summed E-state index contributed by atoms with van der Waals surface area (Å²) in [4.78, 5) is 29.7. The van der Waals surface area contributed by atoms with Gasteiger partial charge in [-0.2, -0.15) is 0 Å². The maximum absolute atomic E-state index is 12.9. The Labute approximate surface area is 224 Å². The molecule has 2 aromatic heterocycles. The number of phenols is 1. The number of sulfone groups is 1. The number of carbonyl (C=O) groups excluding carboxylic acids is 1. The van der Waals surface area contributed by atoms with Gasteiger partial charge in [0, 0.05) is 48.6 Å². The van der Waals surface area contributed by atoms with E-state index in [4.69, 9.17) is 0 Å². The number of thiazole rings is 1. The Morgan fingerprint density at radius 2 is 1.79 bits per heavy atom. The molecule has 198 valence electrons. The van der Waals surface area contributed by atoms with E-state index < -0.39 is 32.3 Å². The number of pyridine rings is 1. The highest BCUT2D eigenvalue weighted by Crippen LogP contribution is 2.28. The fourth-order valence-electron chi connectivity index (χ4n) is 3.95. The number of benzene rings is 2. The SMILES string of the molecule is CC(CNC(=O)c1ccccc1O)(CC(O)n1ccc(-c2ccc(-c3nccs3)cc2)cc1=O)S(C)(=O)=O. The number of aliphatic hydroxyl groups excluding tert-OH is 1. The molecule has 2 aromatic carbocycles. The van der Waals surface area contributed by atoms with Crippen LogP contribution in [-0.4, -0.2) is 51.6 Å². The smallest absolute Gasteiger partial charge is 0.255 e. The van der Waals surface area contributed by atoms with Gasteiger partial charge in [-0.25, -0.2) is 13.4 Å². The summed E-state index contributed by atoms with van der Waals surface area (Å²) in [7, 11) is -3.80. The molecule has 11 heteroatoms. The minimum Gasteiger partial charge on any atom is -0.507 e.